The van der Waals surface area contributed by atoms with Gasteiger partial charge in [0.1, 0.15) is 12.7 Å². The van der Waals surface area contributed by atoms with Crippen LogP contribution in [0, 0.1) is 23.2 Å². The molecule has 0 aliphatic carbocycles. The Hall–Kier alpha value is -1.34. The monoisotopic (exact) mass is 263 g/mol. The predicted molar refractivity (Wildman–Crippen MR) is 76.3 cm³/mol. The zero-order valence-corrected chi connectivity index (χ0v) is 12.6. The SMILES string of the molecule is CCC(C)C#CCC(O)(Cn1cncn1)C(C)(C)C. The van der Waals surface area contributed by atoms with Crippen LogP contribution in [0.3, 0.4) is 0 Å². The van der Waals surface area contributed by atoms with Gasteiger partial charge in [-0.15, -0.1) is 5.92 Å². The van der Waals surface area contributed by atoms with Gasteiger partial charge in [0.25, 0.3) is 0 Å². The third-order valence-electron chi connectivity index (χ3n) is 3.63. The highest BCUT2D eigenvalue weighted by Crippen LogP contribution is 2.34. The summed E-state index contributed by atoms with van der Waals surface area (Å²) in [4.78, 5) is 3.91. The van der Waals surface area contributed by atoms with Gasteiger partial charge in [0.2, 0.25) is 0 Å². The molecular weight excluding hydrogens is 238 g/mol. The number of rotatable bonds is 4. The summed E-state index contributed by atoms with van der Waals surface area (Å²) in [6.45, 7) is 10.7. The van der Waals surface area contributed by atoms with Crippen molar-refractivity contribution in [1.82, 2.24) is 14.8 Å². The lowest BCUT2D eigenvalue weighted by Gasteiger charge is -2.38. The van der Waals surface area contributed by atoms with E-state index in [0.29, 0.717) is 18.9 Å². The molecule has 0 radical (unpaired) electrons. The summed E-state index contributed by atoms with van der Waals surface area (Å²) in [6, 6.07) is 0. The van der Waals surface area contributed by atoms with E-state index in [4.69, 9.17) is 0 Å². The Bertz CT molecular complexity index is 436. The van der Waals surface area contributed by atoms with Crippen LogP contribution in [0.15, 0.2) is 12.7 Å². The molecule has 0 spiro atoms. The van der Waals surface area contributed by atoms with Gasteiger partial charge in [-0.3, -0.25) is 4.68 Å². The van der Waals surface area contributed by atoms with Crippen LogP contribution in [0.2, 0.25) is 0 Å². The standard InChI is InChI=1S/C15H25N3O/c1-6-13(2)8-7-9-15(19,14(3,4)5)10-18-12-16-11-17-18/h11-13,19H,6,9-10H2,1-5H3. The molecule has 1 aromatic rings. The maximum atomic E-state index is 10.9. The number of nitrogens with zero attached hydrogens (tertiary/aromatic N) is 3. The van der Waals surface area contributed by atoms with Gasteiger partial charge < -0.3 is 5.11 Å². The topological polar surface area (TPSA) is 50.9 Å². The minimum atomic E-state index is -0.916. The van der Waals surface area contributed by atoms with Gasteiger partial charge in [-0.25, -0.2) is 4.98 Å². The zero-order valence-electron chi connectivity index (χ0n) is 12.6. The van der Waals surface area contributed by atoms with Crippen LogP contribution in [0.1, 0.15) is 47.5 Å². The highest BCUT2D eigenvalue weighted by molar-refractivity contribution is 5.08. The Morgan fingerprint density at radius 2 is 2.05 bits per heavy atom. The summed E-state index contributed by atoms with van der Waals surface area (Å²) < 4.78 is 1.66. The summed E-state index contributed by atoms with van der Waals surface area (Å²) in [7, 11) is 0. The van der Waals surface area contributed by atoms with E-state index in [9.17, 15) is 5.11 Å². The molecule has 4 nitrogen and oxygen atoms in total. The molecule has 0 bridgehead atoms. The highest BCUT2D eigenvalue weighted by Gasteiger charge is 2.40. The smallest absolute Gasteiger partial charge is 0.137 e. The van der Waals surface area contributed by atoms with Crippen molar-refractivity contribution < 1.29 is 5.11 Å². The second-order valence-electron chi connectivity index (χ2n) is 6.18. The van der Waals surface area contributed by atoms with Gasteiger partial charge >= 0.3 is 0 Å². The van der Waals surface area contributed by atoms with Crippen LogP contribution in [-0.4, -0.2) is 25.5 Å². The van der Waals surface area contributed by atoms with Crippen LogP contribution in [0.25, 0.3) is 0 Å². The van der Waals surface area contributed by atoms with E-state index >= 15 is 0 Å². The van der Waals surface area contributed by atoms with E-state index < -0.39 is 5.60 Å². The molecule has 1 heterocycles. The van der Waals surface area contributed by atoms with E-state index in [1.54, 1.807) is 11.0 Å². The molecule has 2 unspecified atom stereocenters. The lowest BCUT2D eigenvalue weighted by Crippen LogP contribution is -2.46. The molecule has 0 aromatic carbocycles. The first-order valence-corrected chi connectivity index (χ1v) is 6.81. The van der Waals surface area contributed by atoms with Crippen molar-refractivity contribution in [2.45, 2.75) is 59.6 Å². The molecule has 1 rings (SSSR count). The molecule has 0 amide bonds. The highest BCUT2D eigenvalue weighted by atomic mass is 16.3. The Kier molecular flexibility index (Phi) is 5.13. The van der Waals surface area contributed by atoms with Crippen molar-refractivity contribution in [3.8, 4) is 11.8 Å². The summed E-state index contributed by atoms with van der Waals surface area (Å²) in [6.07, 6.45) is 4.58. The number of hydrogen-bond acceptors (Lipinski definition) is 3. The fourth-order valence-corrected chi connectivity index (χ4v) is 1.61. The lowest BCUT2D eigenvalue weighted by atomic mass is 9.74. The quantitative estimate of drug-likeness (QED) is 0.849. The molecule has 0 aliphatic heterocycles. The average Bonchev–Trinajstić information content (AvgIpc) is 2.79. The Morgan fingerprint density at radius 1 is 1.37 bits per heavy atom. The molecule has 1 N–H and O–H groups in total. The van der Waals surface area contributed by atoms with E-state index in [-0.39, 0.29) is 5.41 Å². The maximum Gasteiger partial charge on any atom is 0.137 e. The maximum absolute atomic E-state index is 10.9. The minimum Gasteiger partial charge on any atom is -0.386 e. The Labute approximate surface area is 116 Å². The molecule has 0 saturated carbocycles. The van der Waals surface area contributed by atoms with Crippen LogP contribution >= 0.6 is 0 Å². The van der Waals surface area contributed by atoms with Gasteiger partial charge in [0.15, 0.2) is 0 Å². The fourth-order valence-electron chi connectivity index (χ4n) is 1.61. The van der Waals surface area contributed by atoms with Gasteiger partial charge in [0.05, 0.1) is 12.1 Å². The first kappa shape index (κ1) is 15.7. The van der Waals surface area contributed by atoms with Gasteiger partial charge in [0, 0.05) is 12.3 Å². The zero-order chi connectivity index (χ0) is 14.5. The second kappa shape index (κ2) is 6.21. The number of aliphatic hydroxyl groups is 1. The van der Waals surface area contributed by atoms with Crippen molar-refractivity contribution in [3.05, 3.63) is 12.7 Å². The molecule has 4 heteroatoms. The number of aromatic nitrogens is 3. The molecule has 19 heavy (non-hydrogen) atoms. The van der Waals surface area contributed by atoms with Gasteiger partial charge in [-0.1, -0.05) is 40.5 Å². The summed E-state index contributed by atoms with van der Waals surface area (Å²) in [5.74, 6) is 6.69. The molecule has 2 atom stereocenters. The van der Waals surface area contributed by atoms with Crippen LogP contribution in [0.5, 0.6) is 0 Å². The van der Waals surface area contributed by atoms with Crippen LogP contribution < -0.4 is 0 Å². The van der Waals surface area contributed by atoms with E-state index in [1.165, 1.54) is 6.33 Å². The first-order valence-electron chi connectivity index (χ1n) is 6.81. The molecule has 0 aliphatic rings. The van der Waals surface area contributed by atoms with Crippen molar-refractivity contribution in [2.75, 3.05) is 0 Å². The largest absolute Gasteiger partial charge is 0.386 e. The molecule has 106 valence electrons. The summed E-state index contributed by atoms with van der Waals surface area (Å²) in [5, 5.41) is 15.0. The molecule has 0 saturated heterocycles. The van der Waals surface area contributed by atoms with Gasteiger partial charge in [-0.2, -0.15) is 5.10 Å². The van der Waals surface area contributed by atoms with E-state index in [0.717, 1.165) is 6.42 Å². The average molecular weight is 263 g/mol. The van der Waals surface area contributed by atoms with Crippen LogP contribution in [0.4, 0.5) is 0 Å². The second-order valence-corrected chi connectivity index (χ2v) is 6.18. The first-order chi connectivity index (χ1) is 8.78. The van der Waals surface area contributed by atoms with Crippen molar-refractivity contribution >= 4 is 0 Å². The third kappa shape index (κ3) is 4.36. The van der Waals surface area contributed by atoms with E-state index in [1.807, 2.05) is 20.8 Å². The normalized spacial score (nSPS) is 16.3. The van der Waals surface area contributed by atoms with Crippen LogP contribution in [-0.2, 0) is 6.54 Å². The predicted octanol–water partition coefficient (Wildman–Crippen LogP) is 2.49. The minimum absolute atomic E-state index is 0.275. The Balaban J connectivity index is 2.84. The Morgan fingerprint density at radius 3 is 2.53 bits per heavy atom. The van der Waals surface area contributed by atoms with Crippen molar-refractivity contribution in [2.24, 2.45) is 11.3 Å². The molecule has 0 fully saturated rings. The van der Waals surface area contributed by atoms with E-state index in [2.05, 4.69) is 35.8 Å². The molecular formula is C15H25N3O. The third-order valence-corrected chi connectivity index (χ3v) is 3.63. The van der Waals surface area contributed by atoms with Crippen molar-refractivity contribution in [3.63, 3.8) is 0 Å². The number of hydrogen-bond donors (Lipinski definition) is 1. The fraction of sp³-hybridized carbons (Fsp3) is 0.733. The molecule has 1 aromatic heterocycles. The van der Waals surface area contributed by atoms with Crippen molar-refractivity contribution in [1.29, 1.82) is 0 Å². The summed E-state index contributed by atoms with van der Waals surface area (Å²) >= 11 is 0. The van der Waals surface area contributed by atoms with Gasteiger partial charge in [-0.05, 0) is 11.8 Å². The lowest BCUT2D eigenvalue weighted by molar-refractivity contribution is -0.0692. The summed E-state index contributed by atoms with van der Waals surface area (Å²) in [5.41, 5.74) is -1.19.